The highest BCUT2D eigenvalue weighted by Crippen LogP contribution is 2.33. The Hall–Kier alpha value is -1.94. The molecule has 1 aliphatic rings. The quantitative estimate of drug-likeness (QED) is 0.925. The van der Waals surface area contributed by atoms with E-state index in [1.807, 2.05) is 31.7 Å². The van der Waals surface area contributed by atoms with Crippen molar-refractivity contribution in [3.8, 4) is 0 Å². The summed E-state index contributed by atoms with van der Waals surface area (Å²) in [5.74, 6) is 0.940. The summed E-state index contributed by atoms with van der Waals surface area (Å²) in [6.07, 6.45) is 8.14. The molecule has 0 saturated carbocycles. The van der Waals surface area contributed by atoms with Gasteiger partial charge in [-0.2, -0.15) is 0 Å². The van der Waals surface area contributed by atoms with Gasteiger partial charge in [0.15, 0.2) is 0 Å². The predicted molar refractivity (Wildman–Crippen MR) is 80.4 cm³/mol. The van der Waals surface area contributed by atoms with E-state index in [9.17, 15) is 0 Å². The highest BCUT2D eigenvalue weighted by molar-refractivity contribution is 5.38. The van der Waals surface area contributed by atoms with Gasteiger partial charge in [0, 0.05) is 38.2 Å². The monoisotopic (exact) mass is 268 g/mol. The fraction of sp³-hybridized carbons (Fsp3) is 0.375. The van der Waals surface area contributed by atoms with Gasteiger partial charge >= 0.3 is 0 Å². The molecule has 2 aromatic rings. The molecule has 1 N–H and O–H groups in total. The lowest BCUT2D eigenvalue weighted by Crippen LogP contribution is -2.22. The van der Waals surface area contributed by atoms with E-state index < -0.39 is 0 Å². The van der Waals surface area contributed by atoms with E-state index in [0.29, 0.717) is 6.04 Å². The van der Waals surface area contributed by atoms with Crippen LogP contribution in [0.15, 0.2) is 42.9 Å². The molecule has 3 heterocycles. The van der Waals surface area contributed by atoms with E-state index in [1.54, 1.807) is 0 Å². The van der Waals surface area contributed by atoms with Crippen LogP contribution < -0.4 is 5.32 Å². The second kappa shape index (κ2) is 6.01. The minimum atomic E-state index is 0.491. The Morgan fingerprint density at radius 3 is 3.10 bits per heavy atom. The number of likely N-dealkylation sites (tertiary alicyclic amines) is 1. The number of hydrogen-bond acceptors (Lipinski definition) is 4. The van der Waals surface area contributed by atoms with Crippen molar-refractivity contribution >= 4 is 5.82 Å². The summed E-state index contributed by atoms with van der Waals surface area (Å²) in [6, 6.07) is 8.93. The van der Waals surface area contributed by atoms with Crippen molar-refractivity contribution in [2.24, 2.45) is 0 Å². The predicted octanol–water partition coefficient (Wildman–Crippen LogP) is 2.86. The fourth-order valence-corrected chi connectivity index (χ4v) is 2.91. The van der Waals surface area contributed by atoms with Crippen LogP contribution in [0.25, 0.3) is 0 Å². The van der Waals surface area contributed by atoms with Crippen molar-refractivity contribution in [3.05, 3.63) is 54.0 Å². The van der Waals surface area contributed by atoms with Crippen LogP contribution >= 0.6 is 0 Å². The first-order valence-corrected chi connectivity index (χ1v) is 7.13. The van der Waals surface area contributed by atoms with Crippen LogP contribution in [-0.4, -0.2) is 28.5 Å². The summed E-state index contributed by atoms with van der Waals surface area (Å²) >= 11 is 0. The first-order valence-electron chi connectivity index (χ1n) is 7.13. The topological polar surface area (TPSA) is 41.0 Å². The number of rotatable bonds is 4. The minimum Gasteiger partial charge on any atom is -0.373 e. The van der Waals surface area contributed by atoms with Crippen molar-refractivity contribution in [1.29, 1.82) is 0 Å². The Morgan fingerprint density at radius 2 is 2.30 bits per heavy atom. The molecule has 0 amide bonds. The largest absolute Gasteiger partial charge is 0.373 e. The Balaban J connectivity index is 1.78. The van der Waals surface area contributed by atoms with Gasteiger partial charge in [0.1, 0.15) is 5.82 Å². The first kappa shape index (κ1) is 13.1. The lowest BCUT2D eigenvalue weighted by atomic mass is 10.1. The zero-order chi connectivity index (χ0) is 13.8. The summed E-state index contributed by atoms with van der Waals surface area (Å²) in [4.78, 5) is 11.0. The average molecular weight is 268 g/mol. The molecule has 3 rings (SSSR count). The van der Waals surface area contributed by atoms with Crippen LogP contribution in [0.1, 0.15) is 30.0 Å². The molecular formula is C16H20N4. The zero-order valence-electron chi connectivity index (χ0n) is 11.8. The summed E-state index contributed by atoms with van der Waals surface area (Å²) in [5, 5.41) is 3.12. The molecule has 0 aliphatic carbocycles. The molecule has 1 saturated heterocycles. The van der Waals surface area contributed by atoms with Gasteiger partial charge in [0.05, 0.1) is 0 Å². The summed E-state index contributed by atoms with van der Waals surface area (Å²) in [7, 11) is 1.91. The first-order chi connectivity index (χ1) is 9.86. The van der Waals surface area contributed by atoms with E-state index in [0.717, 1.165) is 18.9 Å². The standard InChI is InChI=1S/C16H20N4/c1-17-16-10-14(6-8-19-16)15-5-3-9-20(15)12-13-4-2-7-18-11-13/h2,4,6-8,10-11,15H,3,5,9,12H2,1H3,(H,17,19)/t15-/m1/s1. The fourth-order valence-electron chi connectivity index (χ4n) is 2.91. The van der Waals surface area contributed by atoms with Gasteiger partial charge in [-0.05, 0) is 48.7 Å². The number of nitrogens with one attached hydrogen (secondary N) is 1. The van der Waals surface area contributed by atoms with E-state index in [1.165, 1.54) is 24.0 Å². The Bertz CT molecular complexity index is 555. The van der Waals surface area contributed by atoms with Gasteiger partial charge in [0.2, 0.25) is 0 Å². The smallest absolute Gasteiger partial charge is 0.125 e. The van der Waals surface area contributed by atoms with Crippen molar-refractivity contribution in [2.75, 3.05) is 18.9 Å². The molecule has 0 bridgehead atoms. The van der Waals surface area contributed by atoms with Crippen molar-refractivity contribution in [2.45, 2.75) is 25.4 Å². The van der Waals surface area contributed by atoms with Crippen LogP contribution in [0.2, 0.25) is 0 Å². The molecule has 1 aliphatic heterocycles. The van der Waals surface area contributed by atoms with Crippen LogP contribution in [0.3, 0.4) is 0 Å². The number of anilines is 1. The molecule has 20 heavy (non-hydrogen) atoms. The van der Waals surface area contributed by atoms with Gasteiger partial charge < -0.3 is 5.32 Å². The van der Waals surface area contributed by atoms with E-state index in [2.05, 4.69) is 38.4 Å². The lowest BCUT2D eigenvalue weighted by Gasteiger charge is -2.25. The Labute approximate surface area is 119 Å². The van der Waals surface area contributed by atoms with Crippen LogP contribution in [0.4, 0.5) is 5.82 Å². The molecule has 0 aromatic carbocycles. The molecule has 2 aromatic heterocycles. The van der Waals surface area contributed by atoms with Crippen molar-refractivity contribution < 1.29 is 0 Å². The van der Waals surface area contributed by atoms with Crippen LogP contribution in [0.5, 0.6) is 0 Å². The third-order valence-corrected chi connectivity index (χ3v) is 3.90. The summed E-state index contributed by atoms with van der Waals surface area (Å²) in [5.41, 5.74) is 2.63. The molecule has 1 atom stereocenters. The van der Waals surface area contributed by atoms with E-state index in [-0.39, 0.29) is 0 Å². The van der Waals surface area contributed by atoms with Gasteiger partial charge in [-0.3, -0.25) is 9.88 Å². The SMILES string of the molecule is CNc1cc([C@H]2CCCN2Cc2cccnc2)ccn1. The van der Waals surface area contributed by atoms with E-state index in [4.69, 9.17) is 0 Å². The van der Waals surface area contributed by atoms with Gasteiger partial charge in [-0.25, -0.2) is 4.98 Å². The van der Waals surface area contributed by atoms with E-state index >= 15 is 0 Å². The molecule has 1 fully saturated rings. The maximum absolute atomic E-state index is 4.30. The molecule has 0 spiro atoms. The molecular weight excluding hydrogens is 248 g/mol. The summed E-state index contributed by atoms with van der Waals surface area (Å²) < 4.78 is 0. The second-order valence-electron chi connectivity index (χ2n) is 5.21. The third kappa shape index (κ3) is 2.80. The molecule has 4 nitrogen and oxygen atoms in total. The molecule has 4 heteroatoms. The van der Waals surface area contributed by atoms with Crippen LogP contribution in [-0.2, 0) is 6.54 Å². The molecule has 0 unspecified atom stereocenters. The molecule has 0 radical (unpaired) electrons. The minimum absolute atomic E-state index is 0.491. The number of nitrogens with zero attached hydrogens (tertiary/aromatic N) is 3. The Kier molecular flexibility index (Phi) is 3.92. The number of pyridine rings is 2. The van der Waals surface area contributed by atoms with Gasteiger partial charge in [-0.1, -0.05) is 6.07 Å². The second-order valence-corrected chi connectivity index (χ2v) is 5.21. The lowest BCUT2D eigenvalue weighted by molar-refractivity contribution is 0.248. The van der Waals surface area contributed by atoms with Crippen molar-refractivity contribution in [3.63, 3.8) is 0 Å². The van der Waals surface area contributed by atoms with Gasteiger partial charge in [-0.15, -0.1) is 0 Å². The number of hydrogen-bond donors (Lipinski definition) is 1. The Morgan fingerprint density at radius 1 is 1.35 bits per heavy atom. The molecule has 104 valence electrons. The van der Waals surface area contributed by atoms with Crippen LogP contribution in [0, 0.1) is 0 Å². The maximum Gasteiger partial charge on any atom is 0.125 e. The third-order valence-electron chi connectivity index (χ3n) is 3.90. The number of aromatic nitrogens is 2. The summed E-state index contributed by atoms with van der Waals surface area (Å²) in [6.45, 7) is 2.12. The van der Waals surface area contributed by atoms with Crippen molar-refractivity contribution in [1.82, 2.24) is 14.9 Å². The highest BCUT2D eigenvalue weighted by Gasteiger charge is 2.26. The normalized spacial score (nSPS) is 19.1. The maximum atomic E-state index is 4.30. The van der Waals surface area contributed by atoms with Gasteiger partial charge in [0.25, 0.3) is 0 Å². The zero-order valence-corrected chi connectivity index (χ0v) is 11.8. The highest BCUT2D eigenvalue weighted by atomic mass is 15.2. The average Bonchev–Trinajstić information content (AvgIpc) is 2.96.